The van der Waals surface area contributed by atoms with Crippen molar-refractivity contribution in [2.24, 2.45) is 4.99 Å². The Bertz CT molecular complexity index is 836. The Kier molecular flexibility index (Phi) is 5.73. The first-order chi connectivity index (χ1) is 10.9. The van der Waals surface area contributed by atoms with Gasteiger partial charge in [0, 0.05) is 6.92 Å². The number of nitrogens with zero attached hydrogens (tertiary/aromatic N) is 2. The average Bonchev–Trinajstić information content (AvgIpc) is 2.81. The van der Waals surface area contributed by atoms with Crippen molar-refractivity contribution in [3.63, 3.8) is 0 Å². The molecule has 0 unspecified atom stereocenters. The van der Waals surface area contributed by atoms with E-state index in [2.05, 4.69) is 4.99 Å². The van der Waals surface area contributed by atoms with Gasteiger partial charge in [0.15, 0.2) is 9.92 Å². The molecule has 0 aliphatic rings. The fourth-order valence-electron chi connectivity index (χ4n) is 1.91. The molecule has 0 aliphatic heterocycles. The topological polar surface area (TPSA) is 77.7 Å². The maximum atomic E-state index is 11.9. The number of hydrogen-bond donors (Lipinski definition) is 0. The predicted molar refractivity (Wildman–Crippen MR) is 90.3 cm³/mol. The number of ether oxygens (including phenoxy) is 1. The van der Waals surface area contributed by atoms with Crippen LogP contribution in [0.1, 0.15) is 12.5 Å². The van der Waals surface area contributed by atoms with Gasteiger partial charge in [0.05, 0.1) is 23.1 Å². The lowest BCUT2D eigenvalue weighted by molar-refractivity contribution is -0.141. The van der Waals surface area contributed by atoms with Gasteiger partial charge in [0.2, 0.25) is 0 Å². The second-order valence-electron chi connectivity index (χ2n) is 4.80. The van der Waals surface area contributed by atoms with Gasteiger partial charge in [-0.3, -0.25) is 14.4 Å². The van der Waals surface area contributed by atoms with E-state index < -0.39 is 11.9 Å². The minimum Gasteiger partial charge on any atom is -0.468 e. The Labute approximate surface area is 141 Å². The molecule has 0 aliphatic carbocycles. The summed E-state index contributed by atoms with van der Waals surface area (Å²) in [7, 11) is 1.31. The van der Waals surface area contributed by atoms with E-state index >= 15 is 0 Å². The Balaban J connectivity index is 2.48. The summed E-state index contributed by atoms with van der Waals surface area (Å²) >= 11 is 2.24. The molecule has 6 nitrogen and oxygen atoms in total. The molecule has 0 saturated heterocycles. The average molecular weight is 352 g/mol. The standard InChI is InChI=1S/C15H16N2O4S2/c1-9-4-5-11-12(6-9)23-15(17(11)7-14(20)21-3)16-13(19)8-22-10(2)18/h4-6H,7-8H2,1-3H3. The van der Waals surface area contributed by atoms with Crippen molar-refractivity contribution in [1.29, 1.82) is 0 Å². The van der Waals surface area contributed by atoms with Crippen molar-refractivity contribution >= 4 is 50.3 Å². The van der Waals surface area contributed by atoms with Crippen LogP contribution in [-0.4, -0.2) is 34.4 Å². The molecule has 1 aromatic carbocycles. The lowest BCUT2D eigenvalue weighted by atomic mass is 10.2. The Morgan fingerprint density at radius 1 is 1.35 bits per heavy atom. The van der Waals surface area contributed by atoms with Gasteiger partial charge in [0.1, 0.15) is 6.54 Å². The first-order valence-corrected chi connectivity index (χ1v) is 8.58. The van der Waals surface area contributed by atoms with Crippen LogP contribution in [0.4, 0.5) is 0 Å². The van der Waals surface area contributed by atoms with Crippen molar-refractivity contribution in [3.8, 4) is 0 Å². The van der Waals surface area contributed by atoms with E-state index in [0.29, 0.717) is 4.80 Å². The maximum absolute atomic E-state index is 11.9. The van der Waals surface area contributed by atoms with Crippen LogP contribution in [0.15, 0.2) is 23.2 Å². The highest BCUT2D eigenvalue weighted by Crippen LogP contribution is 2.19. The minimum atomic E-state index is -0.419. The summed E-state index contributed by atoms with van der Waals surface area (Å²) in [6.45, 7) is 3.35. The zero-order valence-corrected chi connectivity index (χ0v) is 14.6. The molecule has 122 valence electrons. The molecular formula is C15H16N2O4S2. The van der Waals surface area contributed by atoms with Gasteiger partial charge in [-0.2, -0.15) is 4.99 Å². The largest absolute Gasteiger partial charge is 0.468 e. The zero-order valence-electron chi connectivity index (χ0n) is 13.0. The highest BCUT2D eigenvalue weighted by molar-refractivity contribution is 8.14. The number of rotatable bonds is 4. The van der Waals surface area contributed by atoms with Crippen LogP contribution >= 0.6 is 23.1 Å². The predicted octanol–water partition coefficient (Wildman–Crippen LogP) is 1.89. The van der Waals surface area contributed by atoms with Crippen LogP contribution in [0.3, 0.4) is 0 Å². The minimum absolute atomic E-state index is 0.0131. The first kappa shape index (κ1) is 17.4. The molecule has 0 N–H and O–H groups in total. The monoisotopic (exact) mass is 352 g/mol. The van der Waals surface area contributed by atoms with E-state index in [4.69, 9.17) is 4.74 Å². The quantitative estimate of drug-likeness (QED) is 0.785. The number of methoxy groups -OCH3 is 1. The third-order valence-electron chi connectivity index (χ3n) is 2.97. The number of aromatic nitrogens is 1. The van der Waals surface area contributed by atoms with Crippen LogP contribution in [-0.2, 0) is 25.7 Å². The summed E-state index contributed by atoms with van der Waals surface area (Å²) in [6, 6.07) is 5.79. The van der Waals surface area contributed by atoms with Crippen LogP contribution < -0.4 is 4.80 Å². The van der Waals surface area contributed by atoms with Crippen LogP contribution in [0, 0.1) is 6.92 Å². The second kappa shape index (κ2) is 7.56. The molecule has 1 heterocycles. The van der Waals surface area contributed by atoms with E-state index in [9.17, 15) is 14.4 Å². The van der Waals surface area contributed by atoms with Gasteiger partial charge >= 0.3 is 5.97 Å². The lowest BCUT2D eigenvalue weighted by Crippen LogP contribution is -2.22. The van der Waals surface area contributed by atoms with Gasteiger partial charge < -0.3 is 9.30 Å². The molecule has 0 saturated carbocycles. The van der Waals surface area contributed by atoms with Gasteiger partial charge in [0.25, 0.3) is 5.91 Å². The van der Waals surface area contributed by atoms with Crippen molar-refractivity contribution in [3.05, 3.63) is 28.6 Å². The molecule has 23 heavy (non-hydrogen) atoms. The van der Waals surface area contributed by atoms with E-state index in [-0.39, 0.29) is 17.4 Å². The molecule has 0 atom stereocenters. The molecule has 1 amide bonds. The van der Waals surface area contributed by atoms with Gasteiger partial charge in [-0.1, -0.05) is 29.2 Å². The van der Waals surface area contributed by atoms with Crippen molar-refractivity contribution < 1.29 is 19.1 Å². The fraction of sp³-hybridized carbons (Fsp3) is 0.333. The highest BCUT2D eigenvalue weighted by Gasteiger charge is 2.12. The third-order valence-corrected chi connectivity index (χ3v) is 4.81. The fourth-order valence-corrected chi connectivity index (χ4v) is 3.45. The van der Waals surface area contributed by atoms with Crippen molar-refractivity contribution in [2.75, 3.05) is 12.9 Å². The summed E-state index contributed by atoms with van der Waals surface area (Å²) in [6.07, 6.45) is 0. The molecule has 2 aromatic rings. The third kappa shape index (κ3) is 4.52. The Morgan fingerprint density at radius 3 is 2.74 bits per heavy atom. The number of fused-ring (bicyclic) bond motifs is 1. The van der Waals surface area contributed by atoms with Crippen molar-refractivity contribution in [2.45, 2.75) is 20.4 Å². The molecular weight excluding hydrogens is 336 g/mol. The van der Waals surface area contributed by atoms with Crippen LogP contribution in [0.25, 0.3) is 10.2 Å². The Morgan fingerprint density at radius 2 is 2.09 bits per heavy atom. The SMILES string of the molecule is COC(=O)Cn1c(=NC(=O)CSC(C)=O)sc2cc(C)ccc21. The number of carbonyl (C=O) groups excluding carboxylic acids is 3. The summed E-state index contributed by atoms with van der Waals surface area (Å²) in [4.78, 5) is 38.9. The number of hydrogen-bond acceptors (Lipinski definition) is 6. The molecule has 0 bridgehead atoms. The number of carbonyl (C=O) groups is 3. The molecule has 1 aromatic heterocycles. The summed E-state index contributed by atoms with van der Waals surface area (Å²) in [5.41, 5.74) is 1.89. The number of esters is 1. The van der Waals surface area contributed by atoms with Crippen LogP contribution in [0.5, 0.6) is 0 Å². The van der Waals surface area contributed by atoms with E-state index in [1.165, 1.54) is 25.4 Å². The number of amides is 1. The number of thiazole rings is 1. The number of thioether (sulfide) groups is 1. The summed E-state index contributed by atoms with van der Waals surface area (Å²) in [5.74, 6) is -0.842. The van der Waals surface area contributed by atoms with Gasteiger partial charge in [-0.25, -0.2) is 0 Å². The summed E-state index contributed by atoms with van der Waals surface area (Å²) in [5, 5.41) is -0.136. The first-order valence-electron chi connectivity index (χ1n) is 6.78. The molecule has 0 radical (unpaired) electrons. The summed E-state index contributed by atoms with van der Waals surface area (Å²) < 4.78 is 7.29. The molecule has 0 spiro atoms. The van der Waals surface area contributed by atoms with E-state index in [1.807, 2.05) is 25.1 Å². The van der Waals surface area contributed by atoms with E-state index in [0.717, 1.165) is 27.5 Å². The maximum Gasteiger partial charge on any atom is 0.325 e. The molecule has 0 fully saturated rings. The smallest absolute Gasteiger partial charge is 0.325 e. The lowest BCUT2D eigenvalue weighted by Gasteiger charge is -2.03. The second-order valence-corrected chi connectivity index (χ2v) is 6.97. The highest BCUT2D eigenvalue weighted by atomic mass is 32.2. The number of aryl methyl sites for hydroxylation is 1. The zero-order chi connectivity index (χ0) is 17.0. The number of benzene rings is 1. The van der Waals surface area contributed by atoms with Gasteiger partial charge in [-0.15, -0.1) is 0 Å². The molecule has 8 heteroatoms. The van der Waals surface area contributed by atoms with E-state index in [1.54, 1.807) is 4.57 Å². The molecule has 2 rings (SSSR count). The van der Waals surface area contributed by atoms with Crippen molar-refractivity contribution in [1.82, 2.24) is 4.57 Å². The van der Waals surface area contributed by atoms with Gasteiger partial charge in [-0.05, 0) is 24.6 Å². The normalized spacial score (nSPS) is 11.7. The Hall–Kier alpha value is -1.93. The van der Waals surface area contributed by atoms with Crippen LogP contribution in [0.2, 0.25) is 0 Å².